The molecule has 5 rings (SSSR count). The molecule has 0 fully saturated rings. The van der Waals surface area contributed by atoms with Crippen LogP contribution in [-0.4, -0.2) is 39.2 Å². The number of anilines is 2. The zero-order valence-corrected chi connectivity index (χ0v) is 16.6. The van der Waals surface area contributed by atoms with E-state index in [0.717, 1.165) is 28.8 Å². The molecule has 0 unspecified atom stereocenters. The summed E-state index contributed by atoms with van der Waals surface area (Å²) >= 11 is 0. The number of aliphatic imine (C=N–C) groups is 1. The number of benzene rings is 2. The maximum absolute atomic E-state index is 13.2. The van der Waals surface area contributed by atoms with E-state index in [9.17, 15) is 22.8 Å². The lowest BCUT2D eigenvalue weighted by molar-refractivity contribution is -0.137. The van der Waals surface area contributed by atoms with E-state index in [1.54, 1.807) is 12.1 Å². The summed E-state index contributed by atoms with van der Waals surface area (Å²) in [5, 5.41) is 6.56. The number of alkyl halides is 3. The molecule has 0 bridgehead atoms. The second kappa shape index (κ2) is 7.36. The monoisotopic (exact) mass is 442 g/mol. The fraction of sp³-hybridized carbons (Fsp3) is 0.238. The predicted octanol–water partition coefficient (Wildman–Crippen LogP) is 2.66. The van der Waals surface area contributed by atoms with Gasteiger partial charge in [-0.2, -0.15) is 13.2 Å². The first-order valence-corrected chi connectivity index (χ1v) is 9.92. The number of hydrogen-bond acceptors (Lipinski definition) is 5. The summed E-state index contributed by atoms with van der Waals surface area (Å²) in [6, 6.07) is 11.9. The van der Waals surface area contributed by atoms with Crippen LogP contribution in [-0.2, 0) is 17.5 Å². The molecule has 164 valence electrons. The minimum absolute atomic E-state index is 0.329. The minimum atomic E-state index is -4.62. The fourth-order valence-corrected chi connectivity index (χ4v) is 3.94. The van der Waals surface area contributed by atoms with Gasteiger partial charge in [-0.3, -0.25) is 14.7 Å². The highest BCUT2D eigenvalue weighted by molar-refractivity contribution is 6.13. The lowest BCUT2D eigenvalue weighted by atomic mass is 10.1. The van der Waals surface area contributed by atoms with E-state index in [1.165, 1.54) is 16.7 Å². The van der Waals surface area contributed by atoms with Crippen molar-refractivity contribution in [1.82, 2.24) is 14.3 Å². The number of nitrogens with one attached hydrogen (secondary N) is 1. The van der Waals surface area contributed by atoms with Gasteiger partial charge in [0.2, 0.25) is 11.9 Å². The Morgan fingerprint density at radius 1 is 1.09 bits per heavy atom. The van der Waals surface area contributed by atoms with Gasteiger partial charge in [-0.25, -0.2) is 14.0 Å². The molecule has 3 aromatic rings. The summed E-state index contributed by atoms with van der Waals surface area (Å²) in [6.07, 6.45) is -3.84. The first-order chi connectivity index (χ1) is 15.3. The van der Waals surface area contributed by atoms with Crippen molar-refractivity contribution in [3.63, 3.8) is 0 Å². The highest BCUT2D eigenvalue weighted by Gasteiger charge is 2.35. The van der Waals surface area contributed by atoms with Crippen molar-refractivity contribution >= 4 is 23.4 Å². The molecule has 0 spiro atoms. The molecule has 0 saturated carbocycles. The number of amidine groups is 1. The van der Waals surface area contributed by atoms with E-state index in [1.807, 2.05) is 17.0 Å². The van der Waals surface area contributed by atoms with Crippen molar-refractivity contribution in [3.8, 4) is 5.69 Å². The molecule has 11 heteroatoms. The Balaban J connectivity index is 1.49. The summed E-state index contributed by atoms with van der Waals surface area (Å²) in [5.74, 6) is 0.246. The van der Waals surface area contributed by atoms with Crippen LogP contribution in [0.25, 0.3) is 5.69 Å². The molecule has 0 saturated heterocycles. The lowest BCUT2D eigenvalue weighted by Gasteiger charge is -2.33. The second-order valence-corrected chi connectivity index (χ2v) is 7.39. The highest BCUT2D eigenvalue weighted by Crippen LogP contribution is 2.34. The normalized spacial score (nSPS) is 14.8. The molecule has 3 heterocycles. The van der Waals surface area contributed by atoms with Crippen molar-refractivity contribution < 1.29 is 18.0 Å². The third-order valence-corrected chi connectivity index (χ3v) is 5.31. The van der Waals surface area contributed by atoms with Gasteiger partial charge >= 0.3 is 11.9 Å². The first kappa shape index (κ1) is 20.0. The van der Waals surface area contributed by atoms with Gasteiger partial charge in [-0.15, -0.1) is 5.10 Å². The molecule has 0 atom stereocenters. The lowest BCUT2D eigenvalue weighted by Crippen LogP contribution is -2.42. The quantitative estimate of drug-likeness (QED) is 0.676. The van der Waals surface area contributed by atoms with Gasteiger partial charge in [0.1, 0.15) is 12.4 Å². The Morgan fingerprint density at radius 2 is 1.84 bits per heavy atom. The number of para-hydroxylation sites is 2. The zero-order valence-electron chi connectivity index (χ0n) is 16.6. The van der Waals surface area contributed by atoms with Gasteiger partial charge in [-0.1, -0.05) is 24.3 Å². The SMILES string of the molecule is O=C(Cn1nc2n(c1=O)-c1ccccc1C1=NCCCN12)Nc1ccccc1C(F)(F)F. The Bertz CT molecular complexity index is 1310. The number of carbonyl (C=O) groups is 1. The van der Waals surface area contributed by atoms with E-state index < -0.39 is 29.9 Å². The summed E-state index contributed by atoms with van der Waals surface area (Å²) < 4.78 is 42.0. The number of hydrogen-bond donors (Lipinski definition) is 1. The van der Waals surface area contributed by atoms with Gasteiger partial charge in [0.05, 0.1) is 16.9 Å². The third kappa shape index (κ3) is 3.26. The molecular weight excluding hydrogens is 425 g/mol. The van der Waals surface area contributed by atoms with Crippen LogP contribution >= 0.6 is 0 Å². The Hall–Kier alpha value is -3.89. The maximum atomic E-state index is 13.2. The molecule has 2 aliphatic heterocycles. The van der Waals surface area contributed by atoms with Crippen LogP contribution in [0.2, 0.25) is 0 Å². The average molecular weight is 442 g/mol. The minimum Gasteiger partial charge on any atom is -0.324 e. The highest BCUT2D eigenvalue weighted by atomic mass is 19.4. The topological polar surface area (TPSA) is 84.5 Å². The Kier molecular flexibility index (Phi) is 4.61. The maximum Gasteiger partial charge on any atom is 0.418 e. The molecule has 1 amide bonds. The number of aromatic nitrogens is 3. The van der Waals surface area contributed by atoms with Crippen LogP contribution in [0.15, 0.2) is 58.3 Å². The summed E-state index contributed by atoms with van der Waals surface area (Å²) in [5.41, 5.74) is -0.523. The smallest absolute Gasteiger partial charge is 0.324 e. The van der Waals surface area contributed by atoms with Crippen molar-refractivity contribution in [2.45, 2.75) is 19.1 Å². The molecule has 8 nitrogen and oxygen atoms in total. The number of rotatable bonds is 3. The number of fused-ring (bicyclic) bond motifs is 6. The van der Waals surface area contributed by atoms with E-state index in [0.29, 0.717) is 30.6 Å². The molecule has 0 radical (unpaired) electrons. The van der Waals surface area contributed by atoms with Gasteiger partial charge in [0.25, 0.3) is 0 Å². The number of nitrogens with zero attached hydrogens (tertiary/aromatic N) is 5. The average Bonchev–Trinajstić information content (AvgIpc) is 3.10. The van der Waals surface area contributed by atoms with Crippen molar-refractivity contribution in [2.24, 2.45) is 4.99 Å². The molecule has 32 heavy (non-hydrogen) atoms. The molecular formula is C21H17F3N6O2. The van der Waals surface area contributed by atoms with E-state index in [4.69, 9.17) is 0 Å². The zero-order chi connectivity index (χ0) is 22.5. The number of amides is 1. The number of carbonyl (C=O) groups excluding carboxylic acids is 1. The molecule has 2 aliphatic rings. The van der Waals surface area contributed by atoms with Crippen molar-refractivity contribution in [2.75, 3.05) is 23.3 Å². The van der Waals surface area contributed by atoms with E-state index >= 15 is 0 Å². The van der Waals surface area contributed by atoms with Gasteiger partial charge in [0.15, 0.2) is 0 Å². The van der Waals surface area contributed by atoms with Crippen LogP contribution in [0, 0.1) is 0 Å². The van der Waals surface area contributed by atoms with Crippen LogP contribution in [0.4, 0.5) is 24.8 Å². The predicted molar refractivity (Wildman–Crippen MR) is 111 cm³/mol. The van der Waals surface area contributed by atoms with Crippen molar-refractivity contribution in [3.05, 3.63) is 70.1 Å². The fourth-order valence-electron chi connectivity index (χ4n) is 3.94. The summed E-state index contributed by atoms with van der Waals surface area (Å²) in [6.45, 7) is 0.731. The second-order valence-electron chi connectivity index (χ2n) is 7.39. The molecule has 0 aliphatic carbocycles. The first-order valence-electron chi connectivity index (χ1n) is 9.92. The largest absolute Gasteiger partial charge is 0.418 e. The molecule has 2 aromatic carbocycles. The van der Waals surface area contributed by atoms with E-state index in [-0.39, 0.29) is 5.69 Å². The summed E-state index contributed by atoms with van der Waals surface area (Å²) in [7, 11) is 0. The van der Waals surface area contributed by atoms with Gasteiger partial charge < -0.3 is 5.32 Å². The third-order valence-electron chi connectivity index (χ3n) is 5.31. The van der Waals surface area contributed by atoms with Crippen LogP contribution in [0.3, 0.4) is 0 Å². The van der Waals surface area contributed by atoms with Crippen LogP contribution < -0.4 is 15.9 Å². The van der Waals surface area contributed by atoms with Crippen LogP contribution in [0.5, 0.6) is 0 Å². The number of halogens is 3. The molecule has 1 aromatic heterocycles. The van der Waals surface area contributed by atoms with Gasteiger partial charge in [0, 0.05) is 18.7 Å². The standard InChI is InChI=1S/C21H17F3N6O2/c22-21(23,24)14-7-2-3-8-15(14)26-17(31)12-29-20(32)30-16-9-4-1-6-13(16)18-25-10-5-11-28(18)19(30)27-29/h1-4,6-9H,5,10-12H2,(H,26,31). The van der Waals surface area contributed by atoms with Gasteiger partial charge in [-0.05, 0) is 30.7 Å². The Morgan fingerprint density at radius 3 is 2.66 bits per heavy atom. The Labute approximate surface area is 179 Å². The molecule has 1 N–H and O–H groups in total. The summed E-state index contributed by atoms with van der Waals surface area (Å²) in [4.78, 5) is 32.0. The van der Waals surface area contributed by atoms with E-state index in [2.05, 4.69) is 15.4 Å². The van der Waals surface area contributed by atoms with Crippen molar-refractivity contribution in [1.29, 1.82) is 0 Å². The van der Waals surface area contributed by atoms with Crippen LogP contribution in [0.1, 0.15) is 17.5 Å².